The Bertz CT molecular complexity index is 885. The molecule has 1 aliphatic carbocycles. The van der Waals surface area contributed by atoms with Crippen molar-refractivity contribution < 1.29 is 13.2 Å². The van der Waals surface area contributed by atoms with Gasteiger partial charge in [0.15, 0.2) is 0 Å². The second-order valence-corrected chi connectivity index (χ2v) is 9.27. The number of hydrogen-bond acceptors (Lipinski definition) is 4. The van der Waals surface area contributed by atoms with Crippen LogP contribution in [0.5, 0.6) is 0 Å². The Balaban J connectivity index is 1.74. The quantitative estimate of drug-likeness (QED) is 0.709. The summed E-state index contributed by atoms with van der Waals surface area (Å²) < 4.78 is 27.9. The normalized spacial score (nSPS) is 17.3. The van der Waals surface area contributed by atoms with E-state index >= 15 is 0 Å². The molecule has 0 spiro atoms. The first-order valence-electron chi connectivity index (χ1n) is 8.96. The predicted octanol–water partition coefficient (Wildman–Crippen LogP) is 2.89. The second kappa shape index (κ2) is 8.91. The van der Waals surface area contributed by atoms with E-state index in [0.29, 0.717) is 12.2 Å². The maximum atomic E-state index is 12.9. The smallest absolute Gasteiger partial charge is 0.241 e. The van der Waals surface area contributed by atoms with Gasteiger partial charge in [-0.15, -0.1) is 0 Å². The zero-order valence-electron chi connectivity index (χ0n) is 15.2. The van der Waals surface area contributed by atoms with E-state index in [1.165, 1.54) is 17.7 Å². The van der Waals surface area contributed by atoms with Gasteiger partial charge in [-0.2, -0.15) is 16.5 Å². The summed E-state index contributed by atoms with van der Waals surface area (Å²) >= 11 is 1.59. The summed E-state index contributed by atoms with van der Waals surface area (Å²) in [4.78, 5) is 13.0. The Morgan fingerprint density at radius 1 is 1.15 bits per heavy atom. The Kier molecular flexibility index (Phi) is 6.57. The lowest BCUT2D eigenvalue weighted by Gasteiger charge is -2.21. The van der Waals surface area contributed by atoms with Gasteiger partial charge >= 0.3 is 0 Å². The van der Waals surface area contributed by atoms with Gasteiger partial charge in [-0.25, -0.2) is 8.42 Å². The number of carbonyl (C=O) groups excluding carboxylic acids is 1. The van der Waals surface area contributed by atoms with Crippen molar-refractivity contribution >= 4 is 27.7 Å². The molecule has 0 saturated heterocycles. The lowest BCUT2D eigenvalue weighted by Crippen LogP contribution is -2.47. The highest BCUT2D eigenvalue weighted by Crippen LogP contribution is 2.30. The fourth-order valence-electron chi connectivity index (χ4n) is 3.31. The number of rotatable bonds is 8. The third-order valence-electron chi connectivity index (χ3n) is 4.73. The van der Waals surface area contributed by atoms with E-state index in [1.807, 2.05) is 24.5 Å². The van der Waals surface area contributed by atoms with Crippen LogP contribution >= 0.6 is 11.8 Å². The Labute approximate surface area is 165 Å². The van der Waals surface area contributed by atoms with Gasteiger partial charge in [0.2, 0.25) is 15.9 Å². The van der Waals surface area contributed by atoms with E-state index in [4.69, 9.17) is 0 Å². The number of amides is 1. The Hall–Kier alpha value is -1.83. The molecule has 2 N–H and O–H groups in total. The van der Waals surface area contributed by atoms with Crippen LogP contribution in [0.4, 0.5) is 0 Å². The number of benzene rings is 2. The van der Waals surface area contributed by atoms with Crippen molar-refractivity contribution in [3.8, 4) is 0 Å². The molecule has 0 unspecified atom stereocenters. The predicted molar refractivity (Wildman–Crippen MR) is 109 cm³/mol. The third-order valence-corrected chi connectivity index (χ3v) is 6.86. The number of fused-ring (bicyclic) bond motifs is 1. The molecule has 0 saturated carbocycles. The first-order chi connectivity index (χ1) is 13.0. The average molecular weight is 405 g/mol. The van der Waals surface area contributed by atoms with E-state index in [1.54, 1.807) is 30.0 Å². The van der Waals surface area contributed by atoms with E-state index in [9.17, 15) is 13.2 Å². The molecule has 5 nitrogen and oxygen atoms in total. The van der Waals surface area contributed by atoms with E-state index < -0.39 is 16.1 Å². The van der Waals surface area contributed by atoms with E-state index in [0.717, 1.165) is 18.4 Å². The molecular weight excluding hydrogens is 380 g/mol. The molecule has 7 heteroatoms. The molecule has 1 aliphatic rings. The van der Waals surface area contributed by atoms with Crippen molar-refractivity contribution in [3.05, 3.63) is 65.7 Å². The topological polar surface area (TPSA) is 75.3 Å². The molecule has 0 radical (unpaired) electrons. The maximum Gasteiger partial charge on any atom is 0.241 e. The fraction of sp³-hybridized carbons (Fsp3) is 0.350. The van der Waals surface area contributed by atoms with Gasteiger partial charge in [0.05, 0.1) is 10.9 Å². The highest BCUT2D eigenvalue weighted by atomic mass is 32.2. The second-order valence-electron chi connectivity index (χ2n) is 6.57. The van der Waals surface area contributed by atoms with Gasteiger partial charge in [0.25, 0.3) is 0 Å². The molecule has 144 valence electrons. The monoisotopic (exact) mass is 404 g/mol. The lowest BCUT2D eigenvalue weighted by atomic mass is 10.1. The summed E-state index contributed by atoms with van der Waals surface area (Å²) in [7, 11) is -3.75. The molecule has 1 amide bonds. The summed E-state index contributed by atoms with van der Waals surface area (Å²) in [5, 5.41) is 3.04. The van der Waals surface area contributed by atoms with Gasteiger partial charge in [0.1, 0.15) is 6.04 Å². The molecule has 0 bridgehead atoms. The van der Waals surface area contributed by atoms with Crippen LogP contribution < -0.4 is 10.0 Å². The molecule has 3 rings (SSSR count). The van der Waals surface area contributed by atoms with Crippen molar-refractivity contribution in [3.63, 3.8) is 0 Å². The molecule has 2 aromatic carbocycles. The minimum atomic E-state index is -3.75. The number of carbonyl (C=O) groups is 1. The van der Waals surface area contributed by atoms with E-state index in [2.05, 4.69) is 16.1 Å². The van der Waals surface area contributed by atoms with Crippen LogP contribution in [-0.2, 0) is 21.2 Å². The van der Waals surface area contributed by atoms with E-state index in [-0.39, 0.29) is 16.8 Å². The largest absolute Gasteiger partial charge is 0.348 e. The lowest BCUT2D eigenvalue weighted by molar-refractivity contribution is -0.123. The SMILES string of the molecule is CSCC[C@@H](NS(=O)(=O)c1ccccc1)C(=O)N[C@H]1CCc2ccccc21. The number of thioether (sulfide) groups is 1. The minimum Gasteiger partial charge on any atom is -0.348 e. The van der Waals surface area contributed by atoms with Crippen LogP contribution in [0.1, 0.15) is 30.0 Å². The third kappa shape index (κ3) is 4.91. The highest BCUT2D eigenvalue weighted by Gasteiger charge is 2.29. The number of hydrogen-bond donors (Lipinski definition) is 2. The van der Waals surface area contributed by atoms with Crippen molar-refractivity contribution in [1.29, 1.82) is 0 Å². The number of aryl methyl sites for hydroxylation is 1. The summed E-state index contributed by atoms with van der Waals surface area (Å²) in [6, 6.07) is 15.4. The standard InChI is InChI=1S/C20H24N2O3S2/c1-26-14-13-19(22-27(24,25)16-8-3-2-4-9-16)20(23)21-18-12-11-15-7-5-6-10-17(15)18/h2-10,18-19,22H,11-14H2,1H3,(H,21,23)/t18-,19+/m0/s1. The van der Waals surface area contributed by atoms with Crippen LogP contribution in [0.2, 0.25) is 0 Å². The van der Waals surface area contributed by atoms with Gasteiger partial charge < -0.3 is 5.32 Å². The minimum absolute atomic E-state index is 0.0632. The number of sulfonamides is 1. The van der Waals surface area contributed by atoms with Crippen LogP contribution in [0.25, 0.3) is 0 Å². The molecule has 2 aromatic rings. The molecule has 0 fully saturated rings. The van der Waals surface area contributed by atoms with Gasteiger partial charge in [0, 0.05) is 0 Å². The molecular formula is C20H24N2O3S2. The zero-order chi connectivity index (χ0) is 19.3. The Morgan fingerprint density at radius 3 is 2.59 bits per heavy atom. The van der Waals surface area contributed by atoms with Crippen LogP contribution in [0, 0.1) is 0 Å². The fourth-order valence-corrected chi connectivity index (χ4v) is 5.04. The van der Waals surface area contributed by atoms with Crippen molar-refractivity contribution in [2.24, 2.45) is 0 Å². The molecule has 27 heavy (non-hydrogen) atoms. The van der Waals surface area contributed by atoms with Crippen LogP contribution in [0.15, 0.2) is 59.5 Å². The maximum absolute atomic E-state index is 12.9. The first kappa shape index (κ1) is 19.9. The highest BCUT2D eigenvalue weighted by molar-refractivity contribution is 7.98. The summed E-state index contributed by atoms with van der Waals surface area (Å²) in [5.74, 6) is 0.418. The summed E-state index contributed by atoms with van der Waals surface area (Å²) in [6.07, 6.45) is 4.14. The molecule has 0 aromatic heterocycles. The van der Waals surface area contributed by atoms with Crippen molar-refractivity contribution in [1.82, 2.24) is 10.0 Å². The van der Waals surface area contributed by atoms with Crippen molar-refractivity contribution in [2.45, 2.75) is 36.2 Å². The van der Waals surface area contributed by atoms with Crippen molar-refractivity contribution in [2.75, 3.05) is 12.0 Å². The van der Waals surface area contributed by atoms with Gasteiger partial charge in [-0.1, -0.05) is 42.5 Å². The van der Waals surface area contributed by atoms with Crippen LogP contribution in [-0.4, -0.2) is 32.4 Å². The summed E-state index contributed by atoms with van der Waals surface area (Å²) in [5.41, 5.74) is 2.37. The molecule has 0 heterocycles. The van der Waals surface area contributed by atoms with Gasteiger partial charge in [-0.05, 0) is 54.5 Å². The molecule has 2 atom stereocenters. The average Bonchev–Trinajstić information content (AvgIpc) is 3.08. The summed E-state index contributed by atoms with van der Waals surface area (Å²) in [6.45, 7) is 0. The molecule has 0 aliphatic heterocycles. The Morgan fingerprint density at radius 2 is 1.85 bits per heavy atom. The number of nitrogens with one attached hydrogen (secondary N) is 2. The van der Waals surface area contributed by atoms with Gasteiger partial charge in [-0.3, -0.25) is 4.79 Å². The first-order valence-corrected chi connectivity index (χ1v) is 11.8. The van der Waals surface area contributed by atoms with Crippen LogP contribution in [0.3, 0.4) is 0 Å². The zero-order valence-corrected chi connectivity index (χ0v) is 16.9.